The quantitative estimate of drug-likeness (QED) is 0.506. The van der Waals surface area contributed by atoms with Gasteiger partial charge in [-0.15, -0.1) is 0 Å². The molecule has 3 aromatic heterocycles. The molecule has 1 N–H and O–H groups in total. The number of methoxy groups -OCH3 is 2. The van der Waals surface area contributed by atoms with Crippen LogP contribution in [-0.2, 0) is 4.74 Å². The minimum atomic E-state index is -0.109. The van der Waals surface area contributed by atoms with Crippen LogP contribution in [0.4, 0.5) is 0 Å². The molecule has 7 heteroatoms. The fraction of sp³-hybridized carbons (Fsp3) is 0.400. The lowest BCUT2D eigenvalue weighted by Crippen LogP contribution is -2.23. The summed E-state index contributed by atoms with van der Waals surface area (Å²) >= 11 is 0. The molecule has 1 saturated carbocycles. The Hall–Kier alpha value is -3.19. The Labute approximate surface area is 186 Å². The predicted octanol–water partition coefficient (Wildman–Crippen LogP) is 4.70. The van der Waals surface area contributed by atoms with Crippen LogP contribution >= 0.6 is 0 Å². The van der Waals surface area contributed by atoms with Crippen molar-refractivity contribution in [2.75, 3.05) is 14.2 Å². The van der Waals surface area contributed by atoms with Gasteiger partial charge in [-0.1, -0.05) is 12.1 Å². The number of hydrogen-bond donors (Lipinski definition) is 1. The lowest BCUT2D eigenvalue weighted by Gasteiger charge is -2.28. The fourth-order valence-electron chi connectivity index (χ4n) is 5.17. The summed E-state index contributed by atoms with van der Waals surface area (Å²) in [4.78, 5) is 20.3. The Bertz CT molecular complexity index is 1360. The van der Waals surface area contributed by atoms with Gasteiger partial charge in [0.15, 0.2) is 0 Å². The average molecular weight is 433 g/mol. The van der Waals surface area contributed by atoms with Gasteiger partial charge in [-0.05, 0) is 62.3 Å². The van der Waals surface area contributed by atoms with E-state index < -0.39 is 0 Å². The summed E-state index contributed by atoms with van der Waals surface area (Å²) in [5, 5.41) is 6.29. The number of pyridine rings is 2. The Balaban J connectivity index is 1.66. The molecule has 0 amide bonds. The van der Waals surface area contributed by atoms with Gasteiger partial charge in [-0.3, -0.25) is 9.48 Å². The second kappa shape index (κ2) is 8.06. The number of benzene rings is 1. The van der Waals surface area contributed by atoms with Crippen LogP contribution in [0.2, 0.25) is 0 Å². The third kappa shape index (κ3) is 3.28. The molecule has 4 aromatic rings. The fourth-order valence-corrected chi connectivity index (χ4v) is 5.17. The molecule has 0 radical (unpaired) electrons. The molecule has 166 valence electrons. The van der Waals surface area contributed by atoms with E-state index in [1.165, 1.54) is 0 Å². The smallest absolute Gasteiger partial charge is 0.259 e. The van der Waals surface area contributed by atoms with E-state index in [2.05, 4.69) is 31.9 Å². The first-order valence-corrected chi connectivity index (χ1v) is 11.1. The number of ether oxygens (including phenoxy) is 2. The zero-order valence-electron chi connectivity index (χ0n) is 18.9. The second-order valence-electron chi connectivity index (χ2n) is 8.68. The molecule has 0 spiro atoms. The third-order valence-electron chi connectivity index (χ3n) is 6.83. The summed E-state index contributed by atoms with van der Waals surface area (Å²) in [5.74, 6) is 0.611. The summed E-state index contributed by atoms with van der Waals surface area (Å²) < 4.78 is 13.0. The standard InChI is InChI=1S/C25H28N4O3/c1-14-12-26-25(32-4)15(2)22(14)16-5-10-19-21(11-16)28-24(30)20-13-27-29(23(19)20)17-6-8-18(31-3)9-7-17/h5,10-13,17-18H,6-9H2,1-4H3,(H,28,30). The van der Waals surface area contributed by atoms with Gasteiger partial charge in [0.1, 0.15) is 0 Å². The van der Waals surface area contributed by atoms with Crippen molar-refractivity contribution in [3.63, 3.8) is 0 Å². The Morgan fingerprint density at radius 2 is 1.84 bits per heavy atom. The molecule has 0 aliphatic heterocycles. The van der Waals surface area contributed by atoms with Crippen LogP contribution < -0.4 is 10.3 Å². The van der Waals surface area contributed by atoms with Crippen LogP contribution in [0, 0.1) is 13.8 Å². The van der Waals surface area contributed by atoms with Crippen LogP contribution in [0.1, 0.15) is 42.9 Å². The zero-order chi connectivity index (χ0) is 22.4. The number of aryl methyl sites for hydroxylation is 1. The Kier molecular flexibility index (Phi) is 5.21. The first-order valence-electron chi connectivity index (χ1n) is 11.1. The van der Waals surface area contributed by atoms with Gasteiger partial charge in [0.25, 0.3) is 5.56 Å². The van der Waals surface area contributed by atoms with Crippen LogP contribution in [0.5, 0.6) is 5.88 Å². The topological polar surface area (TPSA) is 82.0 Å². The van der Waals surface area contributed by atoms with Crippen molar-refractivity contribution in [1.82, 2.24) is 19.7 Å². The van der Waals surface area contributed by atoms with E-state index in [1.807, 2.05) is 26.1 Å². The average Bonchev–Trinajstić information content (AvgIpc) is 3.25. The number of aromatic nitrogens is 4. The lowest BCUT2D eigenvalue weighted by molar-refractivity contribution is 0.0574. The monoisotopic (exact) mass is 432 g/mol. The molecule has 5 rings (SSSR count). The first kappa shape index (κ1) is 20.7. The highest BCUT2D eigenvalue weighted by Gasteiger charge is 2.25. The van der Waals surface area contributed by atoms with E-state index >= 15 is 0 Å². The van der Waals surface area contributed by atoms with Crippen molar-refractivity contribution in [2.24, 2.45) is 0 Å². The van der Waals surface area contributed by atoms with Crippen molar-refractivity contribution in [1.29, 1.82) is 0 Å². The molecule has 1 fully saturated rings. The summed E-state index contributed by atoms with van der Waals surface area (Å²) in [6, 6.07) is 6.52. The maximum absolute atomic E-state index is 12.9. The van der Waals surface area contributed by atoms with Gasteiger partial charge in [-0.25, -0.2) is 4.98 Å². The normalized spacial score (nSPS) is 19.0. The van der Waals surface area contributed by atoms with E-state index in [0.717, 1.165) is 64.4 Å². The van der Waals surface area contributed by atoms with Gasteiger partial charge in [0.05, 0.1) is 41.9 Å². The molecular formula is C25H28N4O3. The number of rotatable bonds is 4. The molecule has 0 atom stereocenters. The molecule has 32 heavy (non-hydrogen) atoms. The minimum absolute atomic E-state index is 0.109. The zero-order valence-corrected chi connectivity index (χ0v) is 18.9. The highest BCUT2D eigenvalue weighted by molar-refractivity contribution is 6.04. The van der Waals surface area contributed by atoms with E-state index in [1.54, 1.807) is 20.4 Å². The van der Waals surface area contributed by atoms with E-state index in [9.17, 15) is 4.79 Å². The number of nitrogens with zero attached hydrogens (tertiary/aromatic N) is 3. The van der Waals surface area contributed by atoms with Crippen molar-refractivity contribution >= 4 is 21.8 Å². The van der Waals surface area contributed by atoms with Gasteiger partial charge >= 0.3 is 0 Å². The molecule has 0 saturated heterocycles. The van der Waals surface area contributed by atoms with Gasteiger partial charge in [0, 0.05) is 24.3 Å². The molecule has 1 aromatic carbocycles. The highest BCUT2D eigenvalue weighted by Crippen LogP contribution is 2.36. The highest BCUT2D eigenvalue weighted by atomic mass is 16.5. The molecule has 1 aliphatic carbocycles. The Morgan fingerprint density at radius 1 is 1.06 bits per heavy atom. The Morgan fingerprint density at radius 3 is 2.56 bits per heavy atom. The van der Waals surface area contributed by atoms with Crippen LogP contribution in [-0.4, -0.2) is 40.1 Å². The minimum Gasteiger partial charge on any atom is -0.481 e. The number of nitrogens with one attached hydrogen (secondary N) is 1. The SMILES string of the molecule is COc1ncc(C)c(-c2ccc3c(c2)[nH]c(=O)c2cnn(C4CCC(OC)CC4)c23)c1C. The molecule has 0 unspecified atom stereocenters. The molecule has 7 nitrogen and oxygen atoms in total. The summed E-state index contributed by atoms with van der Waals surface area (Å²) in [5.41, 5.74) is 5.75. The molecule has 0 bridgehead atoms. The van der Waals surface area contributed by atoms with Crippen LogP contribution in [0.3, 0.4) is 0 Å². The number of aromatic amines is 1. The summed E-state index contributed by atoms with van der Waals surface area (Å²) in [6.45, 7) is 4.05. The van der Waals surface area contributed by atoms with Crippen LogP contribution in [0.15, 0.2) is 35.4 Å². The maximum atomic E-state index is 12.9. The van der Waals surface area contributed by atoms with Gasteiger partial charge < -0.3 is 14.5 Å². The maximum Gasteiger partial charge on any atom is 0.259 e. The summed E-state index contributed by atoms with van der Waals surface area (Å²) in [6.07, 6.45) is 7.86. The molecule has 1 aliphatic rings. The number of H-pyrrole nitrogens is 1. The van der Waals surface area contributed by atoms with E-state index in [4.69, 9.17) is 9.47 Å². The van der Waals surface area contributed by atoms with Crippen molar-refractivity contribution < 1.29 is 9.47 Å². The predicted molar refractivity (Wildman–Crippen MR) is 125 cm³/mol. The van der Waals surface area contributed by atoms with Gasteiger partial charge in [-0.2, -0.15) is 5.10 Å². The van der Waals surface area contributed by atoms with E-state index in [-0.39, 0.29) is 11.6 Å². The molecule has 3 heterocycles. The first-order chi connectivity index (χ1) is 15.5. The molecular weight excluding hydrogens is 404 g/mol. The lowest BCUT2D eigenvalue weighted by atomic mass is 9.92. The second-order valence-corrected chi connectivity index (χ2v) is 8.68. The van der Waals surface area contributed by atoms with Crippen molar-refractivity contribution in [2.45, 2.75) is 51.7 Å². The number of hydrogen-bond acceptors (Lipinski definition) is 5. The van der Waals surface area contributed by atoms with Crippen molar-refractivity contribution in [3.8, 4) is 17.0 Å². The number of fused-ring (bicyclic) bond motifs is 3. The van der Waals surface area contributed by atoms with Crippen LogP contribution in [0.25, 0.3) is 32.9 Å². The van der Waals surface area contributed by atoms with E-state index in [0.29, 0.717) is 17.4 Å². The largest absolute Gasteiger partial charge is 0.481 e. The van der Waals surface area contributed by atoms with Gasteiger partial charge in [0.2, 0.25) is 5.88 Å². The van der Waals surface area contributed by atoms with Crippen molar-refractivity contribution in [3.05, 3.63) is 52.1 Å². The summed E-state index contributed by atoms with van der Waals surface area (Å²) in [7, 11) is 3.41. The third-order valence-corrected chi connectivity index (χ3v) is 6.83.